The number of phenolic OH excluding ortho intramolecular Hbond substituents is 4. The van der Waals surface area contributed by atoms with E-state index in [1.54, 1.807) is 0 Å². The molecule has 0 saturated carbocycles. The number of benzene rings is 2. The summed E-state index contributed by atoms with van der Waals surface area (Å²) in [4.78, 5) is 13.1. The Labute approximate surface area is 173 Å². The molecule has 1 aromatic heterocycles. The predicted octanol–water partition coefficient (Wildman–Crippen LogP) is 0.100. The summed E-state index contributed by atoms with van der Waals surface area (Å²) in [6.45, 7) is -0.622. The maximum atomic E-state index is 13.1. The second-order valence-electron chi connectivity index (χ2n) is 6.96. The summed E-state index contributed by atoms with van der Waals surface area (Å²) in [7, 11) is 0. The Hall–Kier alpha value is -3.51. The highest BCUT2D eigenvalue weighted by molar-refractivity contribution is 5.88. The molecule has 1 unspecified atom stereocenters. The third-order valence-corrected chi connectivity index (χ3v) is 4.89. The van der Waals surface area contributed by atoms with E-state index in [2.05, 4.69) is 0 Å². The number of hydrogen-bond donors (Lipinski definition) is 7. The maximum Gasteiger partial charge on any atom is 0.239 e. The largest absolute Gasteiger partial charge is 0.508 e. The molecular weight excluding hydrogens is 416 g/mol. The molecule has 0 bridgehead atoms. The van der Waals surface area contributed by atoms with Gasteiger partial charge in [0.2, 0.25) is 17.5 Å². The Morgan fingerprint density at radius 2 is 1.68 bits per heavy atom. The Kier molecular flexibility index (Phi) is 5.11. The minimum atomic E-state index is -1.62. The van der Waals surface area contributed by atoms with Gasteiger partial charge in [-0.1, -0.05) is 0 Å². The van der Waals surface area contributed by atoms with E-state index >= 15 is 0 Å². The van der Waals surface area contributed by atoms with Gasteiger partial charge in [0.25, 0.3) is 0 Å². The van der Waals surface area contributed by atoms with E-state index < -0.39 is 59.6 Å². The van der Waals surface area contributed by atoms with Crippen LogP contribution in [0.3, 0.4) is 0 Å². The van der Waals surface area contributed by atoms with Crippen molar-refractivity contribution in [2.45, 2.75) is 24.6 Å². The fourth-order valence-electron chi connectivity index (χ4n) is 3.31. The number of hydrogen-bond acceptors (Lipinski definition) is 11. The van der Waals surface area contributed by atoms with Crippen molar-refractivity contribution in [2.75, 3.05) is 6.61 Å². The molecule has 4 atom stereocenters. The van der Waals surface area contributed by atoms with E-state index in [9.17, 15) is 40.5 Å². The van der Waals surface area contributed by atoms with Gasteiger partial charge in [-0.25, -0.2) is 0 Å². The van der Waals surface area contributed by atoms with Crippen LogP contribution in [0, 0.1) is 0 Å². The lowest BCUT2D eigenvalue weighted by molar-refractivity contribution is -0.117. The molecule has 11 heteroatoms. The van der Waals surface area contributed by atoms with Crippen LogP contribution in [0.5, 0.6) is 28.7 Å². The highest BCUT2D eigenvalue weighted by Crippen LogP contribution is 2.39. The average Bonchev–Trinajstić information content (AvgIpc) is 2.99. The van der Waals surface area contributed by atoms with Crippen LogP contribution in [0.25, 0.3) is 22.3 Å². The van der Waals surface area contributed by atoms with Gasteiger partial charge in [0.1, 0.15) is 40.8 Å². The number of aliphatic hydroxyl groups excluding tert-OH is 3. The number of ether oxygens (including phenoxy) is 2. The molecule has 31 heavy (non-hydrogen) atoms. The third-order valence-electron chi connectivity index (χ3n) is 4.89. The van der Waals surface area contributed by atoms with Crippen molar-refractivity contribution in [1.82, 2.24) is 0 Å². The van der Waals surface area contributed by atoms with E-state index in [1.807, 2.05) is 0 Å². The molecule has 0 radical (unpaired) electrons. The molecule has 1 fully saturated rings. The van der Waals surface area contributed by atoms with Gasteiger partial charge in [0.15, 0.2) is 17.3 Å². The van der Waals surface area contributed by atoms with E-state index in [1.165, 1.54) is 6.07 Å². The van der Waals surface area contributed by atoms with Gasteiger partial charge >= 0.3 is 0 Å². The van der Waals surface area contributed by atoms with Crippen molar-refractivity contribution in [3.05, 3.63) is 40.6 Å². The SMILES string of the molecule is O=c1c(OC2O[C@@H](CO)[C@H](O)[C@H]2O)c(-c2ccc(O)c(O)c2)oc2cc(O)cc(O)c12. The van der Waals surface area contributed by atoms with Crippen molar-refractivity contribution in [3.8, 4) is 40.1 Å². The third kappa shape index (κ3) is 3.49. The van der Waals surface area contributed by atoms with E-state index in [4.69, 9.17) is 13.9 Å². The van der Waals surface area contributed by atoms with Crippen LogP contribution in [0.15, 0.2) is 39.5 Å². The van der Waals surface area contributed by atoms with Gasteiger partial charge in [-0.2, -0.15) is 0 Å². The molecule has 2 heterocycles. The van der Waals surface area contributed by atoms with Gasteiger partial charge < -0.3 is 49.6 Å². The van der Waals surface area contributed by atoms with Crippen LogP contribution in [0.1, 0.15) is 0 Å². The second-order valence-corrected chi connectivity index (χ2v) is 6.96. The fraction of sp³-hybridized carbons (Fsp3) is 0.250. The number of phenols is 4. The van der Waals surface area contributed by atoms with Crippen molar-refractivity contribution in [1.29, 1.82) is 0 Å². The molecule has 164 valence electrons. The molecule has 4 rings (SSSR count). The number of fused-ring (bicyclic) bond motifs is 1. The Morgan fingerprint density at radius 3 is 2.32 bits per heavy atom. The summed E-state index contributed by atoms with van der Waals surface area (Å²) in [6.07, 6.45) is -5.86. The zero-order chi connectivity index (χ0) is 22.4. The lowest BCUT2D eigenvalue weighted by Crippen LogP contribution is -2.36. The lowest BCUT2D eigenvalue weighted by Gasteiger charge is -2.19. The zero-order valence-corrected chi connectivity index (χ0v) is 15.7. The maximum absolute atomic E-state index is 13.1. The first-order valence-corrected chi connectivity index (χ1v) is 9.05. The van der Waals surface area contributed by atoms with Gasteiger partial charge in [-0.3, -0.25) is 4.79 Å². The molecule has 2 aromatic carbocycles. The minimum Gasteiger partial charge on any atom is -0.508 e. The van der Waals surface area contributed by atoms with Gasteiger partial charge in [-0.15, -0.1) is 0 Å². The normalized spacial score (nSPS) is 23.3. The molecule has 1 aliphatic heterocycles. The van der Waals surface area contributed by atoms with Crippen molar-refractivity contribution >= 4 is 11.0 Å². The van der Waals surface area contributed by atoms with Crippen LogP contribution < -0.4 is 10.2 Å². The van der Waals surface area contributed by atoms with Crippen molar-refractivity contribution in [2.24, 2.45) is 0 Å². The van der Waals surface area contributed by atoms with E-state index in [0.29, 0.717) is 0 Å². The Bertz CT molecular complexity index is 1200. The van der Waals surface area contributed by atoms with Crippen LogP contribution in [-0.4, -0.2) is 67.0 Å². The number of aromatic hydroxyl groups is 4. The van der Waals surface area contributed by atoms with Crippen LogP contribution in [0.4, 0.5) is 0 Å². The Balaban J connectivity index is 1.92. The van der Waals surface area contributed by atoms with Crippen molar-refractivity contribution in [3.63, 3.8) is 0 Å². The molecule has 3 aromatic rings. The quantitative estimate of drug-likeness (QED) is 0.276. The highest BCUT2D eigenvalue weighted by atomic mass is 16.7. The van der Waals surface area contributed by atoms with Crippen LogP contribution in [-0.2, 0) is 4.74 Å². The first kappa shape index (κ1) is 20.8. The Morgan fingerprint density at radius 1 is 0.935 bits per heavy atom. The zero-order valence-electron chi connectivity index (χ0n) is 15.7. The smallest absolute Gasteiger partial charge is 0.239 e. The highest BCUT2D eigenvalue weighted by Gasteiger charge is 2.44. The standard InChI is InChI=1S/C20H18O11/c21-6-13-15(26)17(28)20(30-13)31-19-16(27)14-11(25)4-8(22)5-12(14)29-18(19)7-1-2-9(23)10(24)3-7/h1-5,13,15,17,20-26,28H,6H2/t13-,15-,17+,20?/m0/s1. The first-order chi connectivity index (χ1) is 14.7. The molecule has 0 spiro atoms. The van der Waals surface area contributed by atoms with Gasteiger partial charge in [0, 0.05) is 17.7 Å². The first-order valence-electron chi connectivity index (χ1n) is 9.05. The van der Waals surface area contributed by atoms with Gasteiger partial charge in [0.05, 0.1) is 6.61 Å². The summed E-state index contributed by atoms with van der Waals surface area (Å²) in [5.74, 6) is -2.78. The predicted molar refractivity (Wildman–Crippen MR) is 103 cm³/mol. The van der Waals surface area contributed by atoms with Crippen LogP contribution >= 0.6 is 0 Å². The second kappa shape index (κ2) is 7.63. The lowest BCUT2D eigenvalue weighted by atomic mass is 10.1. The van der Waals surface area contributed by atoms with Gasteiger partial charge in [-0.05, 0) is 18.2 Å². The molecule has 1 saturated heterocycles. The molecule has 0 amide bonds. The van der Waals surface area contributed by atoms with E-state index in [0.717, 1.165) is 24.3 Å². The summed E-state index contributed by atoms with van der Waals surface area (Å²) < 4.78 is 16.4. The van der Waals surface area contributed by atoms with E-state index in [-0.39, 0.29) is 28.0 Å². The summed E-state index contributed by atoms with van der Waals surface area (Å²) in [6, 6.07) is 5.50. The number of aliphatic hydroxyl groups is 3. The molecule has 7 N–H and O–H groups in total. The molecular formula is C20H18O11. The fourth-order valence-corrected chi connectivity index (χ4v) is 3.31. The van der Waals surface area contributed by atoms with Crippen LogP contribution in [0.2, 0.25) is 0 Å². The summed E-state index contributed by atoms with van der Waals surface area (Å²) in [5, 5.41) is 68.3. The molecule has 0 aliphatic carbocycles. The van der Waals surface area contributed by atoms with Crippen molar-refractivity contribution < 1.29 is 49.6 Å². The number of rotatable bonds is 4. The molecule has 1 aliphatic rings. The summed E-state index contributed by atoms with van der Waals surface area (Å²) >= 11 is 0. The summed E-state index contributed by atoms with van der Waals surface area (Å²) in [5.41, 5.74) is -1.04. The minimum absolute atomic E-state index is 0.0684. The monoisotopic (exact) mass is 434 g/mol. The topological polar surface area (TPSA) is 190 Å². The average molecular weight is 434 g/mol. The molecule has 11 nitrogen and oxygen atoms in total.